The van der Waals surface area contributed by atoms with Gasteiger partial charge in [-0.2, -0.15) is 0 Å². The van der Waals surface area contributed by atoms with Gasteiger partial charge >= 0.3 is 0 Å². The maximum absolute atomic E-state index is 14.4. The van der Waals surface area contributed by atoms with Crippen molar-refractivity contribution >= 4 is 28.5 Å². The quantitative estimate of drug-likeness (QED) is 0.354. The zero-order valence-corrected chi connectivity index (χ0v) is 23.5. The highest BCUT2D eigenvalue weighted by Crippen LogP contribution is 2.38. The summed E-state index contributed by atoms with van der Waals surface area (Å²) in [4.78, 5) is 30.1. The van der Waals surface area contributed by atoms with Gasteiger partial charge in [-0.3, -0.25) is 14.5 Å². The largest absolute Gasteiger partial charge is 0.497 e. The number of para-hydroxylation sites is 2. The number of ether oxygens (including phenoxy) is 2. The molecule has 0 radical (unpaired) electrons. The number of methoxy groups -OCH3 is 2. The molecule has 1 atom stereocenters. The summed E-state index contributed by atoms with van der Waals surface area (Å²) in [6.07, 6.45) is 0. The second kappa shape index (κ2) is 11.1. The van der Waals surface area contributed by atoms with Crippen molar-refractivity contribution in [2.45, 2.75) is 52.7 Å². The third-order valence-corrected chi connectivity index (χ3v) is 6.39. The van der Waals surface area contributed by atoms with Gasteiger partial charge in [-0.1, -0.05) is 35.5 Å². The van der Waals surface area contributed by atoms with Gasteiger partial charge in [0.2, 0.25) is 11.8 Å². The van der Waals surface area contributed by atoms with Crippen molar-refractivity contribution in [3.05, 3.63) is 77.4 Å². The first kappa shape index (κ1) is 27.6. The molecule has 0 spiro atoms. The van der Waals surface area contributed by atoms with E-state index in [1.54, 1.807) is 34.9 Å². The molecule has 2 amide bonds. The number of carbonyl (C=O) groups excluding carboxylic acids is 2. The third-order valence-electron chi connectivity index (χ3n) is 6.39. The zero-order valence-electron chi connectivity index (χ0n) is 23.5. The maximum Gasteiger partial charge on any atom is 0.249 e. The minimum Gasteiger partial charge on any atom is -0.497 e. The Hall–Kier alpha value is -4.40. The number of hydrogen-bond acceptors (Lipinski definition) is 6. The first-order chi connectivity index (χ1) is 18.5. The van der Waals surface area contributed by atoms with E-state index in [4.69, 9.17) is 9.47 Å². The Labute approximate surface area is 228 Å². The Morgan fingerprint density at radius 2 is 1.67 bits per heavy atom. The monoisotopic (exact) mass is 529 g/mol. The molecule has 0 bridgehead atoms. The minimum atomic E-state index is -1.07. The SMILES string of the molecule is COc1ccc(OC)c(C(C(=O)NC(C)(C)C)N(C(=O)Cn2nnc3ccccc32)c2c(C)cccc2C)c1. The van der Waals surface area contributed by atoms with Crippen LogP contribution in [0.3, 0.4) is 0 Å². The number of anilines is 1. The van der Waals surface area contributed by atoms with Crippen molar-refractivity contribution in [1.82, 2.24) is 20.3 Å². The molecule has 0 saturated heterocycles. The van der Waals surface area contributed by atoms with E-state index in [2.05, 4.69) is 15.6 Å². The van der Waals surface area contributed by atoms with Crippen LogP contribution in [0.15, 0.2) is 60.7 Å². The van der Waals surface area contributed by atoms with Crippen molar-refractivity contribution in [3.8, 4) is 11.5 Å². The molecule has 1 heterocycles. The highest BCUT2D eigenvalue weighted by molar-refractivity contribution is 6.03. The van der Waals surface area contributed by atoms with Crippen LogP contribution < -0.4 is 19.7 Å². The van der Waals surface area contributed by atoms with Crippen LogP contribution in [0.1, 0.15) is 43.5 Å². The summed E-state index contributed by atoms with van der Waals surface area (Å²) < 4.78 is 12.7. The summed E-state index contributed by atoms with van der Waals surface area (Å²) in [5.74, 6) is 0.311. The summed E-state index contributed by atoms with van der Waals surface area (Å²) in [6.45, 7) is 9.43. The Morgan fingerprint density at radius 3 is 2.31 bits per heavy atom. The molecule has 1 N–H and O–H groups in total. The summed E-state index contributed by atoms with van der Waals surface area (Å²) in [6, 6.07) is 17.4. The minimum absolute atomic E-state index is 0.125. The number of aromatic nitrogens is 3. The normalized spacial score (nSPS) is 12.2. The molecule has 0 saturated carbocycles. The van der Waals surface area contributed by atoms with Gasteiger partial charge in [0.25, 0.3) is 0 Å². The summed E-state index contributed by atoms with van der Waals surface area (Å²) in [5.41, 5.74) is 3.69. The second-order valence-electron chi connectivity index (χ2n) is 10.5. The molecule has 1 unspecified atom stereocenters. The van der Waals surface area contributed by atoms with Crippen molar-refractivity contribution in [2.75, 3.05) is 19.1 Å². The molecule has 3 aromatic carbocycles. The van der Waals surface area contributed by atoms with Crippen LogP contribution in [0, 0.1) is 13.8 Å². The van der Waals surface area contributed by atoms with Crippen molar-refractivity contribution in [2.24, 2.45) is 0 Å². The van der Waals surface area contributed by atoms with E-state index in [1.807, 2.05) is 77.1 Å². The topological polar surface area (TPSA) is 98.6 Å². The summed E-state index contributed by atoms with van der Waals surface area (Å²) in [5, 5.41) is 11.5. The van der Waals surface area contributed by atoms with Crippen LogP contribution in [0.2, 0.25) is 0 Å². The van der Waals surface area contributed by atoms with E-state index in [0.717, 1.165) is 16.6 Å². The number of aryl methyl sites for hydroxylation is 2. The Balaban J connectivity index is 1.95. The lowest BCUT2D eigenvalue weighted by Gasteiger charge is -2.36. The maximum atomic E-state index is 14.4. The number of nitrogens with zero attached hydrogens (tertiary/aromatic N) is 4. The number of benzene rings is 3. The first-order valence-electron chi connectivity index (χ1n) is 12.7. The fourth-order valence-corrected chi connectivity index (χ4v) is 4.71. The molecule has 39 heavy (non-hydrogen) atoms. The van der Waals surface area contributed by atoms with E-state index >= 15 is 0 Å². The molecule has 0 aliphatic rings. The lowest BCUT2D eigenvalue weighted by Crippen LogP contribution is -2.50. The molecule has 0 aliphatic carbocycles. The van der Waals surface area contributed by atoms with Crippen LogP contribution in [-0.2, 0) is 16.1 Å². The molecule has 1 aromatic heterocycles. The van der Waals surface area contributed by atoms with E-state index in [-0.39, 0.29) is 18.4 Å². The van der Waals surface area contributed by atoms with Crippen LogP contribution in [-0.4, -0.2) is 46.6 Å². The lowest BCUT2D eigenvalue weighted by molar-refractivity contribution is -0.128. The highest BCUT2D eigenvalue weighted by atomic mass is 16.5. The molecular weight excluding hydrogens is 494 g/mol. The predicted molar refractivity (Wildman–Crippen MR) is 151 cm³/mol. The molecule has 0 fully saturated rings. The molecular formula is C30H35N5O4. The second-order valence-corrected chi connectivity index (χ2v) is 10.5. The van der Waals surface area contributed by atoms with Gasteiger partial charge in [0.15, 0.2) is 0 Å². The fourth-order valence-electron chi connectivity index (χ4n) is 4.71. The first-order valence-corrected chi connectivity index (χ1v) is 12.7. The number of carbonyl (C=O) groups is 2. The number of fused-ring (bicyclic) bond motifs is 1. The average Bonchev–Trinajstić information content (AvgIpc) is 3.29. The number of nitrogens with one attached hydrogen (secondary N) is 1. The van der Waals surface area contributed by atoms with E-state index in [0.29, 0.717) is 28.3 Å². The fraction of sp³-hybridized carbons (Fsp3) is 0.333. The average molecular weight is 530 g/mol. The van der Waals surface area contributed by atoms with Gasteiger partial charge in [-0.05, 0) is 76.1 Å². The molecule has 0 aliphatic heterocycles. The van der Waals surface area contributed by atoms with Crippen molar-refractivity contribution in [1.29, 1.82) is 0 Å². The van der Waals surface area contributed by atoms with Gasteiger partial charge in [-0.15, -0.1) is 5.10 Å². The van der Waals surface area contributed by atoms with Crippen LogP contribution in [0.5, 0.6) is 11.5 Å². The highest BCUT2D eigenvalue weighted by Gasteiger charge is 2.38. The van der Waals surface area contributed by atoms with Crippen molar-refractivity contribution < 1.29 is 19.1 Å². The number of rotatable bonds is 8. The van der Waals surface area contributed by atoms with Gasteiger partial charge < -0.3 is 14.8 Å². The van der Waals surface area contributed by atoms with Gasteiger partial charge in [0.05, 0.1) is 25.4 Å². The zero-order chi connectivity index (χ0) is 28.3. The molecule has 9 nitrogen and oxygen atoms in total. The van der Waals surface area contributed by atoms with E-state index in [9.17, 15) is 9.59 Å². The summed E-state index contributed by atoms with van der Waals surface area (Å²) in [7, 11) is 3.09. The molecule has 4 rings (SSSR count). The summed E-state index contributed by atoms with van der Waals surface area (Å²) >= 11 is 0. The van der Waals surface area contributed by atoms with Crippen LogP contribution >= 0.6 is 0 Å². The van der Waals surface area contributed by atoms with Gasteiger partial charge in [0, 0.05) is 11.1 Å². The van der Waals surface area contributed by atoms with Crippen LogP contribution in [0.25, 0.3) is 11.0 Å². The third kappa shape index (κ3) is 5.87. The van der Waals surface area contributed by atoms with Gasteiger partial charge in [0.1, 0.15) is 29.6 Å². The Morgan fingerprint density at radius 1 is 0.974 bits per heavy atom. The molecule has 9 heteroatoms. The van der Waals surface area contributed by atoms with E-state index in [1.165, 1.54) is 7.11 Å². The molecule has 204 valence electrons. The number of amides is 2. The number of hydrogen-bond donors (Lipinski definition) is 1. The predicted octanol–water partition coefficient (Wildman–Crippen LogP) is 4.75. The standard InChI is InChI=1S/C30H35N5O4/c1-19-11-10-12-20(2)27(19)35(26(36)18-34-24-14-9-8-13-23(24)32-33-34)28(29(37)31-30(3,4)5)22-17-21(38-6)15-16-25(22)39-7/h8-17,28H,18H2,1-7H3,(H,31,37). The van der Waals surface area contributed by atoms with E-state index < -0.39 is 11.6 Å². The smallest absolute Gasteiger partial charge is 0.249 e. The Kier molecular flexibility index (Phi) is 7.90. The molecule has 4 aromatic rings. The Bertz CT molecular complexity index is 1480. The van der Waals surface area contributed by atoms with Crippen LogP contribution in [0.4, 0.5) is 5.69 Å². The lowest BCUT2D eigenvalue weighted by atomic mass is 9.97. The van der Waals surface area contributed by atoms with Crippen molar-refractivity contribution in [3.63, 3.8) is 0 Å². The van der Waals surface area contributed by atoms with Gasteiger partial charge in [-0.25, -0.2) is 4.68 Å².